The van der Waals surface area contributed by atoms with Crippen molar-refractivity contribution in [2.75, 3.05) is 0 Å². The highest BCUT2D eigenvalue weighted by molar-refractivity contribution is 8.03. The third kappa shape index (κ3) is 5.00. The summed E-state index contributed by atoms with van der Waals surface area (Å²) < 4.78 is 1.69. The Kier molecular flexibility index (Phi) is 6.28. The smallest absolute Gasteiger partial charge is 0.230 e. The molecule has 0 fully saturated rings. The molecular formula is C15H19N3OS3. The number of thioether (sulfide) groups is 2. The van der Waals surface area contributed by atoms with E-state index in [0.717, 1.165) is 14.4 Å². The summed E-state index contributed by atoms with van der Waals surface area (Å²) in [7, 11) is 0. The second-order valence-corrected chi connectivity index (χ2v) is 8.97. The van der Waals surface area contributed by atoms with Crippen LogP contribution in [0.15, 0.2) is 32.9 Å². The third-order valence-corrected chi connectivity index (χ3v) is 6.41. The summed E-state index contributed by atoms with van der Waals surface area (Å²) in [6, 6.07) is 8.68. The Balaban J connectivity index is 1.89. The number of hydrogen-bond donors (Lipinski definition) is 1. The molecule has 0 unspecified atom stereocenters. The van der Waals surface area contributed by atoms with E-state index in [1.54, 1.807) is 18.7 Å². The molecule has 1 aromatic carbocycles. The van der Waals surface area contributed by atoms with Gasteiger partial charge in [0.25, 0.3) is 0 Å². The lowest BCUT2D eigenvalue weighted by Crippen LogP contribution is -2.22. The van der Waals surface area contributed by atoms with Crippen molar-refractivity contribution in [2.45, 2.75) is 46.4 Å². The molecule has 0 aliphatic heterocycles. The van der Waals surface area contributed by atoms with Crippen molar-refractivity contribution in [1.29, 1.82) is 0 Å². The first-order valence-electron chi connectivity index (χ1n) is 6.97. The monoisotopic (exact) mass is 353 g/mol. The molecule has 0 spiro atoms. The first-order chi connectivity index (χ1) is 10.5. The average molecular weight is 354 g/mol. The maximum absolute atomic E-state index is 11.0. The molecule has 2 rings (SSSR count). The quantitative estimate of drug-likeness (QED) is 0.764. The lowest BCUT2D eigenvalue weighted by molar-refractivity contribution is -0.117. The van der Waals surface area contributed by atoms with E-state index >= 15 is 0 Å². The fourth-order valence-electron chi connectivity index (χ4n) is 1.66. The molecule has 1 aromatic heterocycles. The fraction of sp³-hybridized carbons (Fsp3) is 0.400. The van der Waals surface area contributed by atoms with Crippen molar-refractivity contribution >= 4 is 40.8 Å². The van der Waals surface area contributed by atoms with E-state index in [4.69, 9.17) is 5.73 Å². The van der Waals surface area contributed by atoms with E-state index < -0.39 is 0 Å². The van der Waals surface area contributed by atoms with Gasteiger partial charge in [-0.3, -0.25) is 4.79 Å². The molecule has 4 nitrogen and oxygen atoms in total. The van der Waals surface area contributed by atoms with Crippen LogP contribution >= 0.6 is 34.9 Å². The molecule has 0 radical (unpaired) electrons. The van der Waals surface area contributed by atoms with Crippen molar-refractivity contribution < 1.29 is 4.79 Å². The van der Waals surface area contributed by atoms with Crippen LogP contribution in [-0.4, -0.2) is 21.4 Å². The Labute approximate surface area is 143 Å². The van der Waals surface area contributed by atoms with Crippen LogP contribution in [0.2, 0.25) is 0 Å². The van der Waals surface area contributed by atoms with E-state index in [2.05, 4.69) is 48.3 Å². The Morgan fingerprint density at radius 2 is 1.82 bits per heavy atom. The SMILES string of the molecule is CC(C)c1ccc(CSc2nnc(S[C@H](C)C(N)=O)s2)cc1. The summed E-state index contributed by atoms with van der Waals surface area (Å²) in [6.45, 7) is 6.16. The van der Waals surface area contributed by atoms with Crippen molar-refractivity contribution in [1.82, 2.24) is 10.2 Å². The van der Waals surface area contributed by atoms with Crippen LogP contribution in [0.25, 0.3) is 0 Å². The average Bonchev–Trinajstić information content (AvgIpc) is 2.93. The maximum atomic E-state index is 11.0. The van der Waals surface area contributed by atoms with Gasteiger partial charge in [0, 0.05) is 5.75 Å². The Morgan fingerprint density at radius 3 is 2.41 bits per heavy atom. The summed E-state index contributed by atoms with van der Waals surface area (Å²) in [5.41, 5.74) is 7.87. The molecule has 22 heavy (non-hydrogen) atoms. The number of benzene rings is 1. The van der Waals surface area contributed by atoms with Crippen LogP contribution in [0.5, 0.6) is 0 Å². The van der Waals surface area contributed by atoms with Gasteiger partial charge in [-0.05, 0) is 24.0 Å². The standard InChI is InChI=1S/C15H19N3OS3/c1-9(2)12-6-4-11(5-7-12)8-20-14-17-18-15(22-14)21-10(3)13(16)19/h4-7,9-10H,8H2,1-3H3,(H2,16,19)/t10-/m1/s1. The zero-order valence-electron chi connectivity index (χ0n) is 12.8. The van der Waals surface area contributed by atoms with Gasteiger partial charge in [0.1, 0.15) is 0 Å². The minimum atomic E-state index is -0.334. The fourth-order valence-corrected chi connectivity index (χ4v) is 4.73. The Hall–Kier alpha value is -1.05. The van der Waals surface area contributed by atoms with Crippen LogP contribution in [0.4, 0.5) is 0 Å². The molecule has 7 heteroatoms. The van der Waals surface area contributed by atoms with Gasteiger partial charge in [-0.25, -0.2) is 0 Å². The summed E-state index contributed by atoms with van der Waals surface area (Å²) in [6.07, 6.45) is 0. The molecule has 0 aliphatic rings. The summed E-state index contributed by atoms with van der Waals surface area (Å²) in [4.78, 5) is 11.0. The van der Waals surface area contributed by atoms with Gasteiger partial charge in [0.15, 0.2) is 8.68 Å². The maximum Gasteiger partial charge on any atom is 0.230 e. The molecule has 1 amide bonds. The Bertz CT molecular complexity index is 625. The third-order valence-electron chi connectivity index (χ3n) is 3.07. The summed E-state index contributed by atoms with van der Waals surface area (Å²) in [5, 5.41) is 7.96. The van der Waals surface area contributed by atoms with E-state index in [1.807, 2.05) is 0 Å². The van der Waals surface area contributed by atoms with Crippen LogP contribution in [0, 0.1) is 0 Å². The highest BCUT2D eigenvalue weighted by Gasteiger charge is 2.14. The lowest BCUT2D eigenvalue weighted by atomic mass is 10.0. The lowest BCUT2D eigenvalue weighted by Gasteiger charge is -2.06. The van der Waals surface area contributed by atoms with Crippen LogP contribution in [0.3, 0.4) is 0 Å². The number of amides is 1. The summed E-state index contributed by atoms with van der Waals surface area (Å²) in [5.74, 6) is 1.08. The van der Waals surface area contributed by atoms with Crippen molar-refractivity contribution in [3.63, 3.8) is 0 Å². The van der Waals surface area contributed by atoms with Crippen molar-refractivity contribution in [2.24, 2.45) is 5.73 Å². The largest absolute Gasteiger partial charge is 0.369 e. The zero-order chi connectivity index (χ0) is 16.1. The van der Waals surface area contributed by atoms with E-state index in [9.17, 15) is 4.79 Å². The van der Waals surface area contributed by atoms with Gasteiger partial charge in [0.2, 0.25) is 5.91 Å². The highest BCUT2D eigenvalue weighted by atomic mass is 32.2. The number of nitrogens with zero attached hydrogens (tertiary/aromatic N) is 2. The van der Waals surface area contributed by atoms with Gasteiger partial charge < -0.3 is 5.73 Å². The molecule has 0 saturated heterocycles. The molecule has 118 valence electrons. The molecule has 0 bridgehead atoms. The molecule has 2 aromatic rings. The van der Waals surface area contributed by atoms with E-state index in [1.165, 1.54) is 34.2 Å². The molecule has 2 N–H and O–H groups in total. The number of carbonyl (C=O) groups is 1. The second-order valence-electron chi connectivity index (χ2n) is 5.18. The van der Waals surface area contributed by atoms with Crippen molar-refractivity contribution in [3.8, 4) is 0 Å². The number of hydrogen-bond acceptors (Lipinski definition) is 6. The van der Waals surface area contributed by atoms with Gasteiger partial charge in [-0.2, -0.15) is 0 Å². The van der Waals surface area contributed by atoms with Crippen LogP contribution in [0.1, 0.15) is 37.8 Å². The number of carbonyl (C=O) groups excluding carboxylic acids is 1. The van der Waals surface area contributed by atoms with Crippen LogP contribution < -0.4 is 5.73 Å². The summed E-state index contributed by atoms with van der Waals surface area (Å²) >= 11 is 4.52. The minimum Gasteiger partial charge on any atom is -0.369 e. The van der Waals surface area contributed by atoms with Gasteiger partial charge >= 0.3 is 0 Å². The minimum absolute atomic E-state index is 0.283. The molecule has 1 heterocycles. The number of aromatic nitrogens is 2. The number of primary amides is 1. The van der Waals surface area contributed by atoms with Gasteiger partial charge in [-0.1, -0.05) is 73.0 Å². The molecule has 1 atom stereocenters. The number of rotatable bonds is 7. The predicted octanol–water partition coefficient (Wildman–Crippen LogP) is 3.92. The van der Waals surface area contributed by atoms with Gasteiger partial charge in [0.05, 0.1) is 5.25 Å². The highest BCUT2D eigenvalue weighted by Crippen LogP contribution is 2.32. The van der Waals surface area contributed by atoms with E-state index in [0.29, 0.717) is 5.92 Å². The molecule has 0 aliphatic carbocycles. The first kappa shape index (κ1) is 17.3. The van der Waals surface area contributed by atoms with Crippen LogP contribution in [-0.2, 0) is 10.5 Å². The topological polar surface area (TPSA) is 68.9 Å². The number of nitrogens with two attached hydrogens (primary N) is 1. The van der Waals surface area contributed by atoms with E-state index in [-0.39, 0.29) is 11.2 Å². The molecule has 0 saturated carbocycles. The first-order valence-corrected chi connectivity index (χ1v) is 9.65. The normalized spacial score (nSPS) is 12.5. The Morgan fingerprint density at radius 1 is 1.18 bits per heavy atom. The second kappa shape index (κ2) is 7.99. The zero-order valence-corrected chi connectivity index (χ0v) is 15.2. The molecular weight excluding hydrogens is 334 g/mol. The predicted molar refractivity (Wildman–Crippen MR) is 94.5 cm³/mol. The van der Waals surface area contributed by atoms with Gasteiger partial charge in [-0.15, -0.1) is 10.2 Å². The van der Waals surface area contributed by atoms with Crippen molar-refractivity contribution in [3.05, 3.63) is 35.4 Å².